The second-order valence-corrected chi connectivity index (χ2v) is 4.98. The molecule has 0 atom stereocenters. The van der Waals surface area contributed by atoms with Gasteiger partial charge in [-0.3, -0.25) is 4.79 Å². The van der Waals surface area contributed by atoms with E-state index in [1.807, 2.05) is 13.0 Å². The third-order valence-electron chi connectivity index (χ3n) is 3.25. The topological polar surface area (TPSA) is 99.4 Å². The van der Waals surface area contributed by atoms with E-state index in [1.165, 1.54) is 24.3 Å². The monoisotopic (exact) mass is 336 g/mol. The highest BCUT2D eigenvalue weighted by atomic mass is 16.5. The van der Waals surface area contributed by atoms with Gasteiger partial charge in [0.25, 0.3) is 5.91 Å². The Labute approximate surface area is 145 Å². The smallest absolute Gasteiger partial charge is 0.335 e. The van der Waals surface area contributed by atoms with Crippen molar-refractivity contribution >= 4 is 23.6 Å². The van der Waals surface area contributed by atoms with E-state index in [9.17, 15) is 14.9 Å². The van der Waals surface area contributed by atoms with Crippen molar-refractivity contribution in [2.75, 3.05) is 11.9 Å². The van der Waals surface area contributed by atoms with Gasteiger partial charge in [-0.25, -0.2) is 4.79 Å². The summed E-state index contributed by atoms with van der Waals surface area (Å²) in [5.41, 5.74) is 0.828. The van der Waals surface area contributed by atoms with Gasteiger partial charge in [0.2, 0.25) is 0 Å². The van der Waals surface area contributed by atoms with Crippen molar-refractivity contribution in [2.24, 2.45) is 0 Å². The number of ether oxygens (including phenoxy) is 1. The number of rotatable bonds is 6. The Hall–Kier alpha value is -3.59. The van der Waals surface area contributed by atoms with Gasteiger partial charge >= 0.3 is 5.97 Å². The summed E-state index contributed by atoms with van der Waals surface area (Å²) >= 11 is 0. The first-order chi connectivity index (χ1) is 12.0. The Bertz CT molecular complexity index is 866. The molecule has 6 nitrogen and oxygen atoms in total. The van der Waals surface area contributed by atoms with E-state index < -0.39 is 11.9 Å². The Morgan fingerprint density at radius 2 is 2.00 bits per heavy atom. The number of para-hydroxylation sites is 1. The maximum Gasteiger partial charge on any atom is 0.335 e. The van der Waals surface area contributed by atoms with Crippen LogP contribution >= 0.6 is 0 Å². The molecule has 0 aliphatic heterocycles. The number of carboxylic acids is 1. The molecule has 0 fully saturated rings. The minimum atomic E-state index is -1.10. The molecule has 126 valence electrons. The molecule has 0 radical (unpaired) electrons. The second-order valence-electron chi connectivity index (χ2n) is 4.98. The minimum absolute atomic E-state index is 0.0435. The molecule has 0 unspecified atom stereocenters. The number of aromatic carboxylic acids is 1. The number of carbonyl (C=O) groups excluding carboxylic acids is 1. The van der Waals surface area contributed by atoms with Crippen molar-refractivity contribution < 1.29 is 19.4 Å². The number of anilines is 1. The van der Waals surface area contributed by atoms with Crippen LogP contribution in [0.15, 0.2) is 54.1 Å². The van der Waals surface area contributed by atoms with Crippen LogP contribution in [0.1, 0.15) is 22.8 Å². The highest BCUT2D eigenvalue weighted by molar-refractivity contribution is 6.10. The molecule has 0 bridgehead atoms. The summed E-state index contributed by atoms with van der Waals surface area (Å²) in [6, 6.07) is 14.7. The van der Waals surface area contributed by atoms with Crippen LogP contribution in [0.4, 0.5) is 5.69 Å². The first-order valence-corrected chi connectivity index (χ1v) is 7.53. The summed E-state index contributed by atoms with van der Waals surface area (Å²) in [7, 11) is 0. The van der Waals surface area contributed by atoms with E-state index in [-0.39, 0.29) is 11.1 Å². The fourth-order valence-corrected chi connectivity index (χ4v) is 2.12. The molecule has 0 saturated heterocycles. The van der Waals surface area contributed by atoms with Crippen LogP contribution in [0.3, 0.4) is 0 Å². The molecule has 1 amide bonds. The average molecular weight is 336 g/mol. The molecular formula is C19H16N2O4. The normalized spacial score (nSPS) is 10.6. The highest BCUT2D eigenvalue weighted by Gasteiger charge is 2.12. The van der Waals surface area contributed by atoms with E-state index in [4.69, 9.17) is 9.84 Å². The van der Waals surface area contributed by atoms with Gasteiger partial charge in [0.15, 0.2) is 0 Å². The van der Waals surface area contributed by atoms with Crippen LogP contribution in [-0.2, 0) is 4.79 Å². The number of nitriles is 1. The zero-order valence-electron chi connectivity index (χ0n) is 13.5. The van der Waals surface area contributed by atoms with Gasteiger partial charge in [0.05, 0.1) is 12.2 Å². The van der Waals surface area contributed by atoms with Crippen molar-refractivity contribution in [3.8, 4) is 11.8 Å². The van der Waals surface area contributed by atoms with Gasteiger partial charge in [0.1, 0.15) is 17.4 Å². The van der Waals surface area contributed by atoms with Crippen molar-refractivity contribution in [3.05, 3.63) is 65.2 Å². The first-order valence-electron chi connectivity index (χ1n) is 7.53. The molecule has 0 saturated carbocycles. The SMILES string of the molecule is CCOc1ccccc1/C=C(\C#N)C(=O)Nc1cccc(C(=O)O)c1. The van der Waals surface area contributed by atoms with Gasteiger partial charge in [-0.15, -0.1) is 0 Å². The van der Waals surface area contributed by atoms with Gasteiger partial charge in [0, 0.05) is 11.3 Å². The first kappa shape index (κ1) is 17.8. The van der Waals surface area contributed by atoms with Crippen LogP contribution < -0.4 is 10.1 Å². The summed E-state index contributed by atoms with van der Waals surface area (Å²) in [6.45, 7) is 2.30. The van der Waals surface area contributed by atoms with Gasteiger partial charge < -0.3 is 15.2 Å². The molecule has 2 N–H and O–H groups in total. The molecule has 25 heavy (non-hydrogen) atoms. The third-order valence-corrected chi connectivity index (χ3v) is 3.25. The molecule has 0 spiro atoms. The number of hydrogen-bond donors (Lipinski definition) is 2. The number of nitrogens with one attached hydrogen (secondary N) is 1. The molecule has 2 aromatic carbocycles. The molecule has 0 aliphatic carbocycles. The van der Waals surface area contributed by atoms with Crippen molar-refractivity contribution in [1.82, 2.24) is 0 Å². The Morgan fingerprint density at radius 3 is 2.68 bits per heavy atom. The maximum absolute atomic E-state index is 12.3. The molecule has 6 heteroatoms. The summed E-state index contributed by atoms with van der Waals surface area (Å²) in [5, 5.41) is 20.8. The number of benzene rings is 2. The van der Waals surface area contributed by atoms with Crippen LogP contribution in [0, 0.1) is 11.3 Å². The average Bonchev–Trinajstić information content (AvgIpc) is 2.61. The van der Waals surface area contributed by atoms with Crippen molar-refractivity contribution in [2.45, 2.75) is 6.92 Å². The maximum atomic E-state index is 12.3. The third kappa shape index (κ3) is 4.69. The highest BCUT2D eigenvalue weighted by Crippen LogP contribution is 2.21. The van der Waals surface area contributed by atoms with E-state index in [1.54, 1.807) is 30.3 Å². The predicted octanol–water partition coefficient (Wildman–Crippen LogP) is 3.33. The lowest BCUT2D eigenvalue weighted by molar-refractivity contribution is -0.112. The van der Waals surface area contributed by atoms with Gasteiger partial charge in [-0.05, 0) is 37.3 Å². The number of nitrogens with zero attached hydrogens (tertiary/aromatic N) is 1. The van der Waals surface area contributed by atoms with Crippen molar-refractivity contribution in [1.29, 1.82) is 5.26 Å². The van der Waals surface area contributed by atoms with E-state index >= 15 is 0 Å². The zero-order valence-corrected chi connectivity index (χ0v) is 13.5. The lowest BCUT2D eigenvalue weighted by atomic mass is 10.1. The van der Waals surface area contributed by atoms with Crippen molar-refractivity contribution in [3.63, 3.8) is 0 Å². The summed E-state index contributed by atoms with van der Waals surface area (Å²) in [4.78, 5) is 23.3. The molecule has 0 aliphatic rings. The van der Waals surface area contributed by atoms with Crippen LogP contribution in [0.5, 0.6) is 5.75 Å². The molecule has 2 aromatic rings. The molecule has 0 heterocycles. The predicted molar refractivity (Wildman–Crippen MR) is 93.2 cm³/mol. The van der Waals surface area contributed by atoms with Crippen LogP contribution in [0.2, 0.25) is 0 Å². The van der Waals surface area contributed by atoms with Gasteiger partial charge in [-0.2, -0.15) is 5.26 Å². The standard InChI is InChI=1S/C19H16N2O4/c1-2-25-17-9-4-3-6-13(17)10-15(12-20)18(22)21-16-8-5-7-14(11-16)19(23)24/h3-11H,2H2,1H3,(H,21,22)(H,23,24)/b15-10+. The Morgan fingerprint density at radius 1 is 1.24 bits per heavy atom. The fourth-order valence-electron chi connectivity index (χ4n) is 2.12. The fraction of sp³-hybridized carbons (Fsp3) is 0.105. The summed E-state index contributed by atoms with van der Waals surface area (Å²) in [5.74, 6) is -1.16. The summed E-state index contributed by atoms with van der Waals surface area (Å²) < 4.78 is 5.47. The lowest BCUT2D eigenvalue weighted by Gasteiger charge is -2.08. The second kappa shape index (κ2) is 8.31. The number of hydrogen-bond acceptors (Lipinski definition) is 4. The Kier molecular flexibility index (Phi) is 5.91. The van der Waals surface area contributed by atoms with Crippen LogP contribution in [0.25, 0.3) is 6.08 Å². The Balaban J connectivity index is 2.26. The number of carbonyl (C=O) groups is 2. The molecule has 2 rings (SSSR count). The van der Waals surface area contributed by atoms with Crippen LogP contribution in [-0.4, -0.2) is 23.6 Å². The van der Waals surface area contributed by atoms with E-state index in [2.05, 4.69) is 5.32 Å². The molecular weight excluding hydrogens is 320 g/mol. The van der Waals surface area contributed by atoms with E-state index in [0.717, 1.165) is 0 Å². The number of carboxylic acid groups (broad SMARTS) is 1. The zero-order chi connectivity index (χ0) is 18.2. The number of amides is 1. The van der Waals surface area contributed by atoms with Gasteiger partial charge in [-0.1, -0.05) is 24.3 Å². The van der Waals surface area contributed by atoms with E-state index in [0.29, 0.717) is 23.6 Å². The molecule has 0 aromatic heterocycles. The quantitative estimate of drug-likeness (QED) is 0.622. The lowest BCUT2D eigenvalue weighted by Crippen LogP contribution is -2.14. The largest absolute Gasteiger partial charge is 0.493 e. The minimum Gasteiger partial charge on any atom is -0.493 e. The summed E-state index contributed by atoms with van der Waals surface area (Å²) in [6.07, 6.45) is 1.43.